The van der Waals surface area contributed by atoms with Crippen molar-refractivity contribution >= 4 is 21.7 Å². The topological polar surface area (TPSA) is 16.1 Å². The zero-order chi connectivity index (χ0) is 11.4. The predicted molar refractivity (Wildman–Crippen MR) is 72.3 cm³/mol. The minimum Gasteiger partial charge on any atom is -0.356 e. The summed E-state index contributed by atoms with van der Waals surface area (Å²) >= 11 is 3.54. The first-order chi connectivity index (χ1) is 7.79. The Bertz CT molecular complexity index is 338. The first-order valence-corrected chi connectivity index (χ1v) is 7.16. The summed E-state index contributed by atoms with van der Waals surface area (Å²) in [6.07, 6.45) is 3.95. The lowest BCUT2D eigenvalue weighted by Crippen LogP contribution is -2.36. The molecule has 1 saturated heterocycles. The molecule has 1 aromatic heterocycles. The fourth-order valence-corrected chi connectivity index (χ4v) is 3.02. The van der Waals surface area contributed by atoms with Crippen LogP contribution in [0.15, 0.2) is 18.2 Å². The molecular weight excluding hydrogens is 264 g/mol. The minimum absolute atomic E-state index is 0.829. The van der Waals surface area contributed by atoms with E-state index in [0.29, 0.717) is 0 Å². The SMILES string of the molecule is Cc1cccc(N2CCCC(CCBr)C2)n1. The highest BCUT2D eigenvalue weighted by atomic mass is 79.9. The van der Waals surface area contributed by atoms with Gasteiger partial charge < -0.3 is 4.90 Å². The van der Waals surface area contributed by atoms with Gasteiger partial charge in [-0.1, -0.05) is 22.0 Å². The summed E-state index contributed by atoms with van der Waals surface area (Å²) in [5, 5.41) is 1.12. The van der Waals surface area contributed by atoms with E-state index in [0.717, 1.165) is 29.3 Å². The van der Waals surface area contributed by atoms with E-state index in [1.807, 2.05) is 0 Å². The van der Waals surface area contributed by atoms with Crippen molar-refractivity contribution in [3.63, 3.8) is 0 Å². The van der Waals surface area contributed by atoms with Gasteiger partial charge in [0.15, 0.2) is 0 Å². The van der Waals surface area contributed by atoms with Crippen LogP contribution in [0.4, 0.5) is 5.82 Å². The third-order valence-corrected chi connectivity index (χ3v) is 3.69. The Balaban J connectivity index is 2.03. The van der Waals surface area contributed by atoms with Crippen molar-refractivity contribution in [1.29, 1.82) is 0 Å². The van der Waals surface area contributed by atoms with Gasteiger partial charge in [-0.2, -0.15) is 0 Å². The molecule has 2 nitrogen and oxygen atoms in total. The second-order valence-corrected chi connectivity index (χ2v) is 5.36. The highest BCUT2D eigenvalue weighted by molar-refractivity contribution is 9.09. The van der Waals surface area contributed by atoms with Crippen molar-refractivity contribution in [1.82, 2.24) is 4.98 Å². The fraction of sp³-hybridized carbons (Fsp3) is 0.615. The van der Waals surface area contributed by atoms with Crippen LogP contribution in [0.1, 0.15) is 25.0 Å². The Labute approximate surface area is 106 Å². The quantitative estimate of drug-likeness (QED) is 0.790. The molecule has 3 heteroatoms. The van der Waals surface area contributed by atoms with E-state index in [1.54, 1.807) is 0 Å². The number of alkyl halides is 1. The molecule has 0 aromatic carbocycles. The number of hydrogen-bond acceptors (Lipinski definition) is 2. The third kappa shape index (κ3) is 2.97. The molecule has 16 heavy (non-hydrogen) atoms. The molecule has 0 saturated carbocycles. The summed E-state index contributed by atoms with van der Waals surface area (Å²) in [4.78, 5) is 7.04. The molecule has 0 spiro atoms. The van der Waals surface area contributed by atoms with E-state index in [2.05, 4.69) is 50.9 Å². The first kappa shape index (κ1) is 11.9. The molecule has 0 bridgehead atoms. The van der Waals surface area contributed by atoms with Crippen molar-refractivity contribution in [2.24, 2.45) is 5.92 Å². The second-order valence-electron chi connectivity index (χ2n) is 4.57. The van der Waals surface area contributed by atoms with Crippen molar-refractivity contribution in [2.45, 2.75) is 26.2 Å². The average Bonchev–Trinajstić information content (AvgIpc) is 2.30. The van der Waals surface area contributed by atoms with Gasteiger partial charge in [0, 0.05) is 24.1 Å². The smallest absolute Gasteiger partial charge is 0.128 e. The average molecular weight is 283 g/mol. The highest BCUT2D eigenvalue weighted by Crippen LogP contribution is 2.24. The van der Waals surface area contributed by atoms with Gasteiger partial charge in [0.1, 0.15) is 5.82 Å². The van der Waals surface area contributed by atoms with Gasteiger partial charge in [0.2, 0.25) is 0 Å². The molecule has 0 amide bonds. The number of piperidine rings is 1. The number of rotatable bonds is 3. The second kappa shape index (κ2) is 5.67. The number of aryl methyl sites for hydroxylation is 1. The maximum atomic E-state index is 4.61. The number of anilines is 1. The van der Waals surface area contributed by atoms with E-state index in [1.165, 1.54) is 25.8 Å². The molecule has 0 N–H and O–H groups in total. The third-order valence-electron chi connectivity index (χ3n) is 3.23. The van der Waals surface area contributed by atoms with Crippen molar-refractivity contribution in [3.8, 4) is 0 Å². The molecule has 1 aromatic rings. The van der Waals surface area contributed by atoms with E-state index in [-0.39, 0.29) is 0 Å². The molecule has 0 radical (unpaired) electrons. The lowest BCUT2D eigenvalue weighted by Gasteiger charge is -2.33. The van der Waals surface area contributed by atoms with Crippen LogP contribution >= 0.6 is 15.9 Å². The lowest BCUT2D eigenvalue weighted by molar-refractivity contribution is 0.406. The number of halogens is 1. The summed E-state index contributed by atoms with van der Waals surface area (Å²) in [5.74, 6) is 1.98. The summed E-state index contributed by atoms with van der Waals surface area (Å²) in [7, 11) is 0. The fourth-order valence-electron chi connectivity index (χ4n) is 2.37. The molecule has 1 fully saturated rings. The molecule has 2 heterocycles. The summed E-state index contributed by atoms with van der Waals surface area (Å²) in [6.45, 7) is 4.39. The van der Waals surface area contributed by atoms with Crippen molar-refractivity contribution in [2.75, 3.05) is 23.3 Å². The van der Waals surface area contributed by atoms with E-state index >= 15 is 0 Å². The Hall–Kier alpha value is -0.570. The molecule has 1 atom stereocenters. The molecule has 1 aliphatic heterocycles. The van der Waals surface area contributed by atoms with Crippen molar-refractivity contribution < 1.29 is 0 Å². The zero-order valence-corrected chi connectivity index (χ0v) is 11.4. The predicted octanol–water partition coefficient (Wildman–Crippen LogP) is 3.39. The van der Waals surface area contributed by atoms with Gasteiger partial charge in [-0.3, -0.25) is 0 Å². The van der Waals surface area contributed by atoms with Gasteiger partial charge >= 0.3 is 0 Å². The van der Waals surface area contributed by atoms with Crippen LogP contribution in [-0.2, 0) is 0 Å². The molecule has 0 aliphatic carbocycles. The van der Waals surface area contributed by atoms with E-state index in [4.69, 9.17) is 0 Å². The standard InChI is InChI=1S/C13H19BrN2/c1-11-4-2-6-13(15-11)16-9-3-5-12(10-16)7-8-14/h2,4,6,12H,3,5,7-10H2,1H3. The van der Waals surface area contributed by atoms with E-state index in [9.17, 15) is 0 Å². The van der Waals surface area contributed by atoms with Gasteiger partial charge in [-0.25, -0.2) is 4.98 Å². The monoisotopic (exact) mass is 282 g/mol. The van der Waals surface area contributed by atoms with Crippen LogP contribution < -0.4 is 4.90 Å². The van der Waals surface area contributed by atoms with Crippen LogP contribution in [0.25, 0.3) is 0 Å². The summed E-state index contributed by atoms with van der Waals surface area (Å²) in [5.41, 5.74) is 1.11. The summed E-state index contributed by atoms with van der Waals surface area (Å²) < 4.78 is 0. The van der Waals surface area contributed by atoms with Gasteiger partial charge in [0.05, 0.1) is 0 Å². The highest BCUT2D eigenvalue weighted by Gasteiger charge is 2.20. The van der Waals surface area contributed by atoms with Crippen LogP contribution in [0.3, 0.4) is 0 Å². The Kier molecular flexibility index (Phi) is 4.22. The number of hydrogen-bond donors (Lipinski definition) is 0. The zero-order valence-electron chi connectivity index (χ0n) is 9.82. The lowest BCUT2D eigenvalue weighted by atomic mass is 9.96. The molecule has 88 valence electrons. The number of nitrogens with zero attached hydrogens (tertiary/aromatic N) is 2. The number of pyridine rings is 1. The molecular formula is C13H19BrN2. The van der Waals surface area contributed by atoms with Gasteiger partial charge in [0.25, 0.3) is 0 Å². The van der Waals surface area contributed by atoms with Crippen LogP contribution in [0, 0.1) is 12.8 Å². The maximum absolute atomic E-state index is 4.61. The largest absolute Gasteiger partial charge is 0.356 e. The van der Waals surface area contributed by atoms with E-state index < -0.39 is 0 Å². The van der Waals surface area contributed by atoms with Gasteiger partial charge in [-0.15, -0.1) is 0 Å². The van der Waals surface area contributed by atoms with Crippen LogP contribution in [0.5, 0.6) is 0 Å². The normalized spacial score (nSPS) is 21.1. The molecule has 2 rings (SSSR count). The van der Waals surface area contributed by atoms with Crippen LogP contribution in [-0.4, -0.2) is 23.4 Å². The maximum Gasteiger partial charge on any atom is 0.128 e. The number of aromatic nitrogens is 1. The molecule has 1 unspecified atom stereocenters. The Morgan fingerprint density at radius 3 is 3.12 bits per heavy atom. The summed E-state index contributed by atoms with van der Waals surface area (Å²) in [6, 6.07) is 6.29. The minimum atomic E-state index is 0.829. The van der Waals surface area contributed by atoms with Crippen LogP contribution in [0.2, 0.25) is 0 Å². The first-order valence-electron chi connectivity index (χ1n) is 6.04. The Morgan fingerprint density at radius 1 is 1.50 bits per heavy atom. The molecule has 1 aliphatic rings. The van der Waals surface area contributed by atoms with Gasteiger partial charge in [-0.05, 0) is 44.2 Å². The van der Waals surface area contributed by atoms with Crippen molar-refractivity contribution in [3.05, 3.63) is 23.9 Å². The Morgan fingerprint density at radius 2 is 2.38 bits per heavy atom.